The molecule has 0 spiro atoms. The molecule has 0 amide bonds. The summed E-state index contributed by atoms with van der Waals surface area (Å²) in [6.45, 7) is 4.55. The number of rotatable bonds is 9. The molecule has 0 aromatic heterocycles. The second-order valence-electron chi connectivity index (χ2n) is 5.22. The van der Waals surface area contributed by atoms with E-state index >= 15 is 0 Å². The van der Waals surface area contributed by atoms with Crippen molar-refractivity contribution >= 4 is 21.6 Å². The van der Waals surface area contributed by atoms with Crippen molar-refractivity contribution < 1.29 is 12.8 Å². The van der Waals surface area contributed by atoms with Gasteiger partial charge in [-0.05, 0) is 24.5 Å². The van der Waals surface area contributed by atoms with Crippen molar-refractivity contribution in [1.82, 2.24) is 4.72 Å². The van der Waals surface area contributed by atoms with Crippen molar-refractivity contribution in [2.75, 3.05) is 6.54 Å². The summed E-state index contributed by atoms with van der Waals surface area (Å²) in [6, 6.07) is 4.16. The highest BCUT2D eigenvalue weighted by Gasteiger charge is 2.18. The maximum Gasteiger partial charge on any atom is 0.215 e. The Labute approximate surface area is 131 Å². The molecule has 0 aliphatic heterocycles. The van der Waals surface area contributed by atoms with Gasteiger partial charge in [0.15, 0.2) is 0 Å². The quantitative estimate of drug-likeness (QED) is 0.738. The molecule has 1 rings (SSSR count). The van der Waals surface area contributed by atoms with Crippen molar-refractivity contribution in [3.05, 3.63) is 34.6 Å². The van der Waals surface area contributed by atoms with Gasteiger partial charge in [-0.15, -0.1) is 0 Å². The van der Waals surface area contributed by atoms with E-state index in [1.54, 1.807) is 0 Å². The number of sulfonamides is 1. The van der Waals surface area contributed by atoms with E-state index in [4.69, 9.17) is 11.6 Å². The second-order valence-corrected chi connectivity index (χ2v) is 7.44. The fraction of sp³-hybridized carbons (Fsp3) is 0.600. The van der Waals surface area contributed by atoms with Gasteiger partial charge >= 0.3 is 0 Å². The normalized spacial score (nSPS) is 13.3. The maximum atomic E-state index is 13.6. The predicted octanol–water partition coefficient (Wildman–Crippen LogP) is 4.11. The number of hydrogen-bond acceptors (Lipinski definition) is 2. The number of hydrogen-bond donors (Lipinski definition) is 1. The van der Waals surface area contributed by atoms with Crippen LogP contribution in [0.5, 0.6) is 0 Å². The van der Waals surface area contributed by atoms with Crippen LogP contribution in [0.15, 0.2) is 18.2 Å². The highest BCUT2D eigenvalue weighted by Crippen LogP contribution is 2.21. The highest BCUT2D eigenvalue weighted by atomic mass is 35.5. The van der Waals surface area contributed by atoms with Gasteiger partial charge in [0.05, 0.1) is 5.75 Å². The first-order chi connectivity index (χ1) is 9.89. The standard InChI is InChI=1S/C15H23ClFNO2S/c1-3-5-7-12(4-2)10-18-21(19,20)11-13-14(16)8-6-9-15(13)17/h6,8-9,12,18H,3-5,7,10-11H2,1-2H3. The van der Waals surface area contributed by atoms with Crippen LogP contribution in [0.1, 0.15) is 45.1 Å². The summed E-state index contributed by atoms with van der Waals surface area (Å²) < 4.78 is 40.3. The molecule has 0 radical (unpaired) electrons. The average Bonchev–Trinajstić information content (AvgIpc) is 2.43. The van der Waals surface area contributed by atoms with Gasteiger partial charge in [-0.2, -0.15) is 0 Å². The minimum Gasteiger partial charge on any atom is -0.215 e. The van der Waals surface area contributed by atoms with E-state index in [1.165, 1.54) is 18.2 Å². The van der Waals surface area contributed by atoms with Gasteiger partial charge in [0.25, 0.3) is 0 Å². The van der Waals surface area contributed by atoms with Crippen molar-refractivity contribution in [2.24, 2.45) is 5.92 Å². The fourth-order valence-corrected chi connectivity index (χ4v) is 3.67. The van der Waals surface area contributed by atoms with E-state index < -0.39 is 21.6 Å². The molecule has 1 N–H and O–H groups in total. The molecule has 0 saturated heterocycles. The van der Waals surface area contributed by atoms with Crippen LogP contribution < -0.4 is 4.72 Å². The third kappa shape index (κ3) is 6.32. The largest absolute Gasteiger partial charge is 0.215 e. The third-order valence-electron chi connectivity index (χ3n) is 3.53. The predicted molar refractivity (Wildman–Crippen MR) is 85.3 cm³/mol. The van der Waals surface area contributed by atoms with Crippen molar-refractivity contribution in [3.8, 4) is 0 Å². The van der Waals surface area contributed by atoms with Crippen molar-refractivity contribution in [2.45, 2.75) is 45.3 Å². The van der Waals surface area contributed by atoms with E-state index in [2.05, 4.69) is 11.6 Å². The van der Waals surface area contributed by atoms with Crippen LogP contribution in [-0.2, 0) is 15.8 Å². The Hall–Kier alpha value is -0.650. The monoisotopic (exact) mass is 335 g/mol. The first kappa shape index (κ1) is 18.4. The first-order valence-electron chi connectivity index (χ1n) is 7.29. The minimum absolute atomic E-state index is 0.0215. The summed E-state index contributed by atoms with van der Waals surface area (Å²) >= 11 is 5.86. The lowest BCUT2D eigenvalue weighted by Gasteiger charge is -2.16. The molecule has 0 bridgehead atoms. The number of benzene rings is 1. The topological polar surface area (TPSA) is 46.2 Å². The summed E-state index contributed by atoms with van der Waals surface area (Å²) in [5.41, 5.74) is 0.0215. The molecule has 1 aromatic rings. The lowest BCUT2D eigenvalue weighted by Crippen LogP contribution is -2.30. The van der Waals surface area contributed by atoms with Crippen molar-refractivity contribution in [1.29, 1.82) is 0 Å². The van der Waals surface area contributed by atoms with Crippen LogP contribution in [0, 0.1) is 11.7 Å². The molecule has 0 fully saturated rings. The number of nitrogens with one attached hydrogen (secondary N) is 1. The zero-order chi connectivity index (χ0) is 15.9. The first-order valence-corrected chi connectivity index (χ1v) is 9.32. The summed E-state index contributed by atoms with van der Waals surface area (Å²) in [4.78, 5) is 0. The van der Waals surface area contributed by atoms with E-state index in [1.807, 2.05) is 6.92 Å². The Morgan fingerprint density at radius 2 is 2.05 bits per heavy atom. The summed E-state index contributed by atoms with van der Waals surface area (Å²) in [5, 5.41) is 0.137. The molecule has 1 atom stereocenters. The van der Waals surface area contributed by atoms with Crippen LogP contribution in [0.3, 0.4) is 0 Å². The van der Waals surface area contributed by atoms with Crippen LogP contribution in [-0.4, -0.2) is 15.0 Å². The number of unbranched alkanes of at least 4 members (excludes halogenated alkanes) is 1. The Morgan fingerprint density at radius 1 is 1.33 bits per heavy atom. The van der Waals surface area contributed by atoms with E-state index in [0.717, 1.165) is 25.7 Å². The van der Waals surface area contributed by atoms with Crippen LogP contribution in [0.4, 0.5) is 4.39 Å². The molecule has 120 valence electrons. The van der Waals surface area contributed by atoms with Gasteiger partial charge in [0.2, 0.25) is 10.0 Å². The molecule has 6 heteroatoms. The van der Waals surface area contributed by atoms with Gasteiger partial charge in [-0.1, -0.05) is 50.8 Å². The Kier molecular flexibility index (Phi) is 7.63. The molecule has 0 heterocycles. The third-order valence-corrected chi connectivity index (χ3v) is 5.16. The molecule has 1 aromatic carbocycles. The van der Waals surface area contributed by atoms with Crippen molar-refractivity contribution in [3.63, 3.8) is 0 Å². The SMILES string of the molecule is CCCCC(CC)CNS(=O)(=O)Cc1c(F)cccc1Cl. The van der Waals surface area contributed by atoms with Gasteiger partial charge in [0.1, 0.15) is 5.82 Å². The fourth-order valence-electron chi connectivity index (χ4n) is 2.10. The smallest absolute Gasteiger partial charge is 0.215 e. The Morgan fingerprint density at radius 3 is 2.62 bits per heavy atom. The zero-order valence-corrected chi connectivity index (χ0v) is 14.1. The molecule has 0 aliphatic carbocycles. The van der Waals surface area contributed by atoms with Gasteiger partial charge in [-0.3, -0.25) is 0 Å². The Bertz CT molecular complexity index is 528. The summed E-state index contributed by atoms with van der Waals surface area (Å²) in [7, 11) is -3.58. The molecular weight excluding hydrogens is 313 g/mol. The zero-order valence-electron chi connectivity index (χ0n) is 12.5. The van der Waals surface area contributed by atoms with E-state index in [-0.39, 0.29) is 10.6 Å². The van der Waals surface area contributed by atoms with Gasteiger partial charge in [-0.25, -0.2) is 17.5 Å². The van der Waals surface area contributed by atoms with Gasteiger partial charge < -0.3 is 0 Å². The lowest BCUT2D eigenvalue weighted by molar-refractivity contribution is 0.443. The number of halogens is 2. The second kappa shape index (κ2) is 8.71. The molecule has 21 heavy (non-hydrogen) atoms. The van der Waals surface area contributed by atoms with Crippen LogP contribution in [0.25, 0.3) is 0 Å². The van der Waals surface area contributed by atoms with Gasteiger partial charge in [0, 0.05) is 17.1 Å². The van der Waals surface area contributed by atoms with E-state index in [0.29, 0.717) is 12.5 Å². The van der Waals surface area contributed by atoms with Crippen LogP contribution >= 0.6 is 11.6 Å². The maximum absolute atomic E-state index is 13.6. The molecule has 0 saturated carbocycles. The Balaban J connectivity index is 2.65. The molecular formula is C15H23ClFNO2S. The van der Waals surface area contributed by atoms with E-state index in [9.17, 15) is 12.8 Å². The molecule has 1 unspecified atom stereocenters. The average molecular weight is 336 g/mol. The highest BCUT2D eigenvalue weighted by molar-refractivity contribution is 7.88. The molecule has 3 nitrogen and oxygen atoms in total. The van der Waals surface area contributed by atoms with Crippen LogP contribution in [0.2, 0.25) is 5.02 Å². The lowest BCUT2D eigenvalue weighted by atomic mass is 10.00. The summed E-state index contributed by atoms with van der Waals surface area (Å²) in [5.74, 6) is -0.704. The molecule has 0 aliphatic rings. The summed E-state index contributed by atoms with van der Waals surface area (Å²) in [6.07, 6.45) is 4.09. The minimum atomic E-state index is -3.58.